The molecule has 1 saturated heterocycles. The van der Waals surface area contributed by atoms with Crippen LogP contribution in [0.15, 0.2) is 18.5 Å². The van der Waals surface area contributed by atoms with Gasteiger partial charge in [-0.2, -0.15) is 19.6 Å². The van der Waals surface area contributed by atoms with Gasteiger partial charge in [0.05, 0.1) is 15.6 Å². The molecule has 0 unspecified atom stereocenters. The number of anilines is 1. The molecule has 0 spiro atoms. The van der Waals surface area contributed by atoms with Crippen LogP contribution in [-0.4, -0.2) is 32.7 Å². The second kappa shape index (κ2) is 7.04. The first-order valence-corrected chi connectivity index (χ1v) is 9.76. The zero-order chi connectivity index (χ0) is 18.4. The summed E-state index contributed by atoms with van der Waals surface area (Å²) >= 11 is 25.6. The number of hydrogen-bond acceptors (Lipinski definition) is 4. The Hall–Kier alpha value is -1.27. The normalized spacial score (nSPS) is 15.8. The Morgan fingerprint density at radius 2 is 1.65 bits per heavy atom. The minimum atomic E-state index is 0.283. The van der Waals surface area contributed by atoms with Crippen LogP contribution in [0.1, 0.15) is 19.8 Å². The van der Waals surface area contributed by atoms with Crippen LogP contribution in [0.3, 0.4) is 0 Å². The summed E-state index contributed by atoms with van der Waals surface area (Å²) < 4.78 is 1.69. The van der Waals surface area contributed by atoms with Crippen LogP contribution in [0.2, 0.25) is 20.2 Å². The maximum absolute atomic E-state index is 6.56. The lowest BCUT2D eigenvalue weighted by atomic mass is 9.98. The molecule has 0 amide bonds. The largest absolute Gasteiger partial charge is 0.356 e. The molecule has 9 heteroatoms. The highest BCUT2D eigenvalue weighted by molar-refractivity contribution is 6.43. The SMILES string of the molecule is CC1CCN(c2c(-c3c(Cl)cc(Cl)cc3Cl)c(Cl)nc3ncnn23)CC1. The molecule has 0 N–H and O–H groups in total. The van der Waals surface area contributed by atoms with E-state index in [0.717, 1.165) is 31.7 Å². The van der Waals surface area contributed by atoms with E-state index in [1.807, 2.05) is 0 Å². The molecular formula is C17H15Cl4N5. The highest BCUT2D eigenvalue weighted by atomic mass is 35.5. The Bertz CT molecular complexity index is 956. The van der Waals surface area contributed by atoms with Gasteiger partial charge in [-0.1, -0.05) is 53.3 Å². The van der Waals surface area contributed by atoms with Crippen molar-refractivity contribution in [1.29, 1.82) is 0 Å². The van der Waals surface area contributed by atoms with Gasteiger partial charge in [0.1, 0.15) is 17.3 Å². The van der Waals surface area contributed by atoms with Crippen molar-refractivity contribution < 1.29 is 0 Å². The van der Waals surface area contributed by atoms with E-state index in [0.29, 0.717) is 37.9 Å². The van der Waals surface area contributed by atoms with Crippen LogP contribution < -0.4 is 4.90 Å². The molecule has 0 bridgehead atoms. The fourth-order valence-corrected chi connectivity index (χ4v) is 4.57. The van der Waals surface area contributed by atoms with E-state index in [-0.39, 0.29) is 5.15 Å². The fourth-order valence-electron chi connectivity index (χ4n) is 3.31. The molecule has 2 aromatic heterocycles. The summed E-state index contributed by atoms with van der Waals surface area (Å²) in [4.78, 5) is 10.8. The van der Waals surface area contributed by atoms with Gasteiger partial charge >= 0.3 is 0 Å². The number of hydrogen-bond donors (Lipinski definition) is 0. The molecule has 0 radical (unpaired) electrons. The summed E-state index contributed by atoms with van der Waals surface area (Å²) in [5, 5.41) is 5.92. The van der Waals surface area contributed by atoms with Crippen LogP contribution in [0.5, 0.6) is 0 Å². The molecule has 1 aliphatic heterocycles. The molecule has 0 saturated carbocycles. The van der Waals surface area contributed by atoms with Gasteiger partial charge in [-0.15, -0.1) is 0 Å². The molecule has 26 heavy (non-hydrogen) atoms. The third-order valence-corrected chi connectivity index (χ3v) is 5.79. The highest BCUT2D eigenvalue weighted by Crippen LogP contribution is 2.45. The summed E-state index contributed by atoms with van der Waals surface area (Å²) in [6.07, 6.45) is 3.62. The van der Waals surface area contributed by atoms with Crippen LogP contribution >= 0.6 is 46.4 Å². The second-order valence-electron chi connectivity index (χ2n) is 6.49. The Morgan fingerprint density at radius 3 is 2.31 bits per heavy atom. The van der Waals surface area contributed by atoms with Gasteiger partial charge in [-0.25, -0.2) is 0 Å². The lowest BCUT2D eigenvalue weighted by Gasteiger charge is -2.33. The van der Waals surface area contributed by atoms with Crippen molar-refractivity contribution >= 4 is 58.0 Å². The number of aromatic nitrogens is 4. The standard InChI is InChI=1S/C17H15Cl4N5/c1-9-2-4-25(5-3-9)16-14(13-11(19)6-10(18)7-12(13)20)15(21)24-17-22-8-23-26(16)17/h6-9H,2-5H2,1H3. The van der Waals surface area contributed by atoms with Crippen LogP contribution in [0.25, 0.3) is 16.9 Å². The van der Waals surface area contributed by atoms with Crippen LogP contribution in [-0.2, 0) is 0 Å². The van der Waals surface area contributed by atoms with E-state index in [4.69, 9.17) is 46.4 Å². The lowest BCUT2D eigenvalue weighted by molar-refractivity contribution is 0.435. The zero-order valence-corrected chi connectivity index (χ0v) is 16.9. The number of halogens is 4. The molecule has 136 valence electrons. The summed E-state index contributed by atoms with van der Waals surface area (Å²) in [6.45, 7) is 4.02. The average molecular weight is 431 g/mol. The summed E-state index contributed by atoms with van der Waals surface area (Å²) in [5.41, 5.74) is 1.24. The van der Waals surface area contributed by atoms with Crippen molar-refractivity contribution in [3.05, 3.63) is 38.7 Å². The van der Waals surface area contributed by atoms with E-state index < -0.39 is 0 Å². The van der Waals surface area contributed by atoms with Crippen LogP contribution in [0.4, 0.5) is 5.82 Å². The van der Waals surface area contributed by atoms with E-state index in [1.165, 1.54) is 6.33 Å². The molecule has 4 rings (SSSR count). The van der Waals surface area contributed by atoms with Gasteiger partial charge in [0, 0.05) is 23.7 Å². The van der Waals surface area contributed by atoms with E-state index in [2.05, 4.69) is 26.9 Å². The first kappa shape index (κ1) is 18.1. The predicted octanol–water partition coefficient (Wildman–Crippen LogP) is 5.64. The minimum absolute atomic E-state index is 0.283. The van der Waals surface area contributed by atoms with Crippen molar-refractivity contribution in [3.63, 3.8) is 0 Å². The molecule has 0 aliphatic carbocycles. The second-order valence-corrected chi connectivity index (χ2v) is 8.10. The van der Waals surface area contributed by atoms with E-state index in [9.17, 15) is 0 Å². The molecule has 3 heterocycles. The summed E-state index contributed by atoms with van der Waals surface area (Å²) in [7, 11) is 0. The first-order chi connectivity index (χ1) is 12.5. The molecule has 1 aliphatic rings. The number of piperidine rings is 1. The summed E-state index contributed by atoms with van der Waals surface area (Å²) in [5.74, 6) is 1.92. The van der Waals surface area contributed by atoms with Crippen molar-refractivity contribution in [3.8, 4) is 11.1 Å². The number of nitrogens with zero attached hydrogens (tertiary/aromatic N) is 5. The van der Waals surface area contributed by atoms with Gasteiger partial charge in [0.15, 0.2) is 0 Å². The topological polar surface area (TPSA) is 46.3 Å². The van der Waals surface area contributed by atoms with Gasteiger partial charge in [0.2, 0.25) is 0 Å². The molecule has 1 aromatic carbocycles. The Morgan fingerprint density at radius 1 is 1.00 bits per heavy atom. The molecule has 0 atom stereocenters. The maximum Gasteiger partial charge on any atom is 0.255 e. The quantitative estimate of drug-likeness (QED) is 0.493. The Labute approximate surface area is 170 Å². The maximum atomic E-state index is 6.56. The van der Waals surface area contributed by atoms with Gasteiger partial charge in [-0.3, -0.25) is 0 Å². The highest BCUT2D eigenvalue weighted by Gasteiger charge is 2.27. The molecular weight excluding hydrogens is 416 g/mol. The molecule has 1 fully saturated rings. The number of benzene rings is 1. The molecule has 5 nitrogen and oxygen atoms in total. The monoisotopic (exact) mass is 429 g/mol. The Kier molecular flexibility index (Phi) is 4.90. The van der Waals surface area contributed by atoms with Crippen molar-refractivity contribution in [2.75, 3.05) is 18.0 Å². The minimum Gasteiger partial charge on any atom is -0.356 e. The smallest absolute Gasteiger partial charge is 0.255 e. The number of fused-ring (bicyclic) bond motifs is 1. The van der Waals surface area contributed by atoms with Crippen molar-refractivity contribution in [2.45, 2.75) is 19.8 Å². The lowest BCUT2D eigenvalue weighted by Crippen LogP contribution is -2.34. The van der Waals surface area contributed by atoms with Crippen molar-refractivity contribution in [2.24, 2.45) is 5.92 Å². The van der Waals surface area contributed by atoms with E-state index in [1.54, 1.807) is 16.6 Å². The third-order valence-electron chi connectivity index (χ3n) is 4.70. The predicted molar refractivity (Wildman–Crippen MR) is 107 cm³/mol. The zero-order valence-electron chi connectivity index (χ0n) is 13.9. The number of rotatable bonds is 2. The fraction of sp³-hybridized carbons (Fsp3) is 0.353. The van der Waals surface area contributed by atoms with Crippen molar-refractivity contribution in [1.82, 2.24) is 19.6 Å². The first-order valence-electron chi connectivity index (χ1n) is 8.24. The Balaban J connectivity index is 2.00. The van der Waals surface area contributed by atoms with Gasteiger partial charge < -0.3 is 4.90 Å². The molecule has 3 aromatic rings. The average Bonchev–Trinajstić information content (AvgIpc) is 3.03. The summed E-state index contributed by atoms with van der Waals surface area (Å²) in [6, 6.07) is 3.29. The third kappa shape index (κ3) is 3.11. The van der Waals surface area contributed by atoms with E-state index >= 15 is 0 Å². The van der Waals surface area contributed by atoms with Gasteiger partial charge in [0.25, 0.3) is 5.78 Å². The van der Waals surface area contributed by atoms with Crippen LogP contribution in [0, 0.1) is 5.92 Å². The van der Waals surface area contributed by atoms with Gasteiger partial charge in [-0.05, 0) is 30.9 Å².